The van der Waals surface area contributed by atoms with E-state index in [1.165, 1.54) is 30.3 Å². The molecular weight excluding hydrogens is 288 g/mol. The number of phenols is 1. The third kappa shape index (κ3) is 3.49. The molecule has 0 saturated heterocycles. The van der Waals surface area contributed by atoms with Crippen molar-refractivity contribution in [3.8, 4) is 5.75 Å². The predicted molar refractivity (Wildman–Crippen MR) is 80.4 cm³/mol. The second kappa shape index (κ2) is 5.69. The number of rotatable bonds is 4. The summed E-state index contributed by atoms with van der Waals surface area (Å²) in [6.45, 7) is 3.59. The van der Waals surface area contributed by atoms with Crippen LogP contribution in [0, 0.1) is 13.8 Å². The van der Waals surface area contributed by atoms with Crippen molar-refractivity contribution in [1.29, 1.82) is 0 Å². The third-order valence-corrected chi connectivity index (χ3v) is 4.95. The molecule has 110 valence electrons. The molecule has 0 fully saturated rings. The third-order valence-electron chi connectivity index (χ3n) is 3.18. The first-order valence-corrected chi connectivity index (χ1v) is 8.07. The van der Waals surface area contributed by atoms with Crippen LogP contribution in [-0.4, -0.2) is 25.1 Å². The highest BCUT2D eigenvalue weighted by Gasteiger charge is 2.22. The predicted octanol–water partition coefficient (Wildman–Crippen LogP) is 2.67. The Hall–Kier alpha value is -2.14. The van der Waals surface area contributed by atoms with E-state index in [0.717, 1.165) is 5.56 Å². The van der Waals surface area contributed by atoms with Crippen LogP contribution >= 0.6 is 0 Å². The highest BCUT2D eigenvalue weighted by atomic mass is 32.2. The van der Waals surface area contributed by atoms with Crippen LogP contribution < -0.4 is 0 Å². The van der Waals surface area contributed by atoms with Crippen LogP contribution in [0.15, 0.2) is 47.4 Å². The average Bonchev–Trinajstić information content (AvgIpc) is 2.38. The summed E-state index contributed by atoms with van der Waals surface area (Å²) in [6, 6.07) is 10.6. The normalized spacial score (nSPS) is 11.3. The van der Waals surface area contributed by atoms with Crippen molar-refractivity contribution in [1.82, 2.24) is 0 Å². The first-order valence-electron chi connectivity index (χ1n) is 6.42. The van der Waals surface area contributed by atoms with Gasteiger partial charge in [-0.1, -0.05) is 17.7 Å². The van der Waals surface area contributed by atoms with Crippen molar-refractivity contribution in [3.63, 3.8) is 0 Å². The molecule has 0 saturated carbocycles. The summed E-state index contributed by atoms with van der Waals surface area (Å²) in [6.07, 6.45) is 0. The molecule has 2 rings (SSSR count). The molecule has 0 unspecified atom stereocenters. The number of sulfone groups is 1. The standard InChI is InChI=1S/C16H16O4S/c1-11-3-8-16(12(2)9-11)21(19,20)10-15(18)13-4-6-14(17)7-5-13/h3-9,17H,10H2,1-2H3. The molecule has 1 N–H and O–H groups in total. The fourth-order valence-corrected chi connectivity index (χ4v) is 3.62. The fourth-order valence-electron chi connectivity index (χ4n) is 2.13. The van der Waals surface area contributed by atoms with Crippen LogP contribution in [0.3, 0.4) is 0 Å². The first kappa shape index (κ1) is 15.3. The van der Waals surface area contributed by atoms with Crippen LogP contribution in [0.1, 0.15) is 21.5 Å². The highest BCUT2D eigenvalue weighted by molar-refractivity contribution is 7.92. The summed E-state index contributed by atoms with van der Waals surface area (Å²) in [4.78, 5) is 12.2. The van der Waals surface area contributed by atoms with Gasteiger partial charge < -0.3 is 5.11 Å². The molecule has 0 atom stereocenters. The number of hydrogen-bond donors (Lipinski definition) is 1. The van der Waals surface area contributed by atoms with Crippen molar-refractivity contribution in [2.45, 2.75) is 18.7 Å². The van der Waals surface area contributed by atoms with E-state index in [0.29, 0.717) is 5.56 Å². The molecule has 4 nitrogen and oxygen atoms in total. The SMILES string of the molecule is Cc1ccc(S(=O)(=O)CC(=O)c2ccc(O)cc2)c(C)c1. The lowest BCUT2D eigenvalue weighted by molar-refractivity contribution is 0.102. The van der Waals surface area contributed by atoms with Crippen LogP contribution in [0.25, 0.3) is 0 Å². The molecule has 5 heteroatoms. The number of benzene rings is 2. The van der Waals surface area contributed by atoms with Crippen molar-refractivity contribution in [3.05, 3.63) is 59.2 Å². The molecule has 0 spiro atoms. The molecule has 0 heterocycles. The minimum absolute atomic E-state index is 0.0313. The van der Waals surface area contributed by atoms with Crippen LogP contribution in [0.4, 0.5) is 0 Å². The summed E-state index contributed by atoms with van der Waals surface area (Å²) in [5.74, 6) is -1.04. The van der Waals surface area contributed by atoms with Gasteiger partial charge in [0, 0.05) is 5.56 Å². The minimum Gasteiger partial charge on any atom is -0.508 e. The Morgan fingerprint density at radius 2 is 1.67 bits per heavy atom. The summed E-state index contributed by atoms with van der Waals surface area (Å²) >= 11 is 0. The lowest BCUT2D eigenvalue weighted by Crippen LogP contribution is -2.17. The van der Waals surface area contributed by atoms with Crippen LogP contribution in [0.2, 0.25) is 0 Å². The maximum atomic E-state index is 12.3. The monoisotopic (exact) mass is 304 g/mol. The van der Waals surface area contributed by atoms with Gasteiger partial charge in [-0.25, -0.2) is 8.42 Å². The Labute approximate surface area is 124 Å². The lowest BCUT2D eigenvalue weighted by Gasteiger charge is -2.08. The van der Waals surface area contributed by atoms with Crippen molar-refractivity contribution in [2.75, 3.05) is 5.75 Å². The number of aromatic hydroxyl groups is 1. The molecule has 0 aliphatic heterocycles. The molecule has 0 bridgehead atoms. The van der Waals surface area contributed by atoms with Gasteiger partial charge in [-0.3, -0.25) is 4.79 Å². The van der Waals surface area contributed by atoms with Gasteiger partial charge in [0.1, 0.15) is 11.5 Å². The number of carbonyl (C=O) groups excluding carboxylic acids is 1. The molecule has 0 aliphatic carbocycles. The molecular formula is C16H16O4S. The van der Waals surface area contributed by atoms with E-state index >= 15 is 0 Å². The quantitative estimate of drug-likeness (QED) is 0.882. The second-order valence-corrected chi connectivity index (χ2v) is 6.96. The van der Waals surface area contributed by atoms with E-state index in [4.69, 9.17) is 0 Å². The molecule has 0 aliphatic rings. The van der Waals surface area contributed by atoms with Gasteiger partial charge in [0.05, 0.1) is 4.90 Å². The van der Waals surface area contributed by atoms with Gasteiger partial charge in [-0.05, 0) is 49.7 Å². The zero-order valence-electron chi connectivity index (χ0n) is 11.8. The Kier molecular flexibility index (Phi) is 4.14. The minimum atomic E-state index is -3.68. The summed E-state index contributed by atoms with van der Waals surface area (Å²) in [5, 5.41) is 9.18. The number of Topliss-reactive ketones (excluding diaryl/α,β-unsaturated/α-hetero) is 1. The number of carbonyl (C=O) groups is 1. The van der Waals surface area contributed by atoms with Gasteiger partial charge in [-0.15, -0.1) is 0 Å². The zero-order chi connectivity index (χ0) is 15.6. The maximum absolute atomic E-state index is 12.3. The van der Waals surface area contributed by atoms with Gasteiger partial charge in [0.2, 0.25) is 0 Å². The Balaban J connectivity index is 2.29. The lowest BCUT2D eigenvalue weighted by atomic mass is 10.1. The molecule has 0 radical (unpaired) electrons. The summed E-state index contributed by atoms with van der Waals surface area (Å²) < 4.78 is 24.7. The van der Waals surface area contributed by atoms with Crippen LogP contribution in [-0.2, 0) is 9.84 Å². The molecule has 2 aromatic carbocycles. The Morgan fingerprint density at radius 3 is 2.24 bits per heavy atom. The molecule has 0 amide bonds. The van der Waals surface area contributed by atoms with E-state index in [9.17, 15) is 18.3 Å². The molecule has 0 aromatic heterocycles. The first-order chi connectivity index (χ1) is 9.79. The van der Waals surface area contributed by atoms with Crippen molar-refractivity contribution in [2.24, 2.45) is 0 Å². The van der Waals surface area contributed by atoms with Crippen molar-refractivity contribution < 1.29 is 18.3 Å². The Morgan fingerprint density at radius 1 is 1.05 bits per heavy atom. The van der Waals surface area contributed by atoms with Gasteiger partial charge >= 0.3 is 0 Å². The average molecular weight is 304 g/mol. The van der Waals surface area contributed by atoms with Gasteiger partial charge in [0.15, 0.2) is 15.6 Å². The van der Waals surface area contributed by atoms with E-state index in [1.54, 1.807) is 19.1 Å². The fraction of sp³-hybridized carbons (Fsp3) is 0.188. The summed E-state index contributed by atoms with van der Waals surface area (Å²) in [7, 11) is -3.68. The highest BCUT2D eigenvalue weighted by Crippen LogP contribution is 2.19. The number of hydrogen-bond acceptors (Lipinski definition) is 4. The summed E-state index contributed by atoms with van der Waals surface area (Å²) in [5.41, 5.74) is 1.87. The van der Waals surface area contributed by atoms with Gasteiger partial charge in [0.25, 0.3) is 0 Å². The van der Waals surface area contributed by atoms with E-state index in [1.807, 2.05) is 6.92 Å². The van der Waals surface area contributed by atoms with E-state index < -0.39 is 21.4 Å². The number of ketones is 1. The molecule has 2 aromatic rings. The smallest absolute Gasteiger partial charge is 0.186 e. The maximum Gasteiger partial charge on any atom is 0.186 e. The second-order valence-electron chi connectivity index (χ2n) is 5.00. The largest absolute Gasteiger partial charge is 0.508 e. The zero-order valence-corrected chi connectivity index (χ0v) is 12.6. The van der Waals surface area contributed by atoms with Crippen LogP contribution in [0.5, 0.6) is 5.75 Å². The topological polar surface area (TPSA) is 71.4 Å². The Bertz CT molecular complexity index is 774. The number of phenolic OH excluding ortho intramolecular Hbond substituents is 1. The number of aryl methyl sites for hydroxylation is 2. The van der Waals surface area contributed by atoms with Crippen molar-refractivity contribution >= 4 is 15.6 Å². The van der Waals surface area contributed by atoms with Gasteiger partial charge in [-0.2, -0.15) is 0 Å². The van der Waals surface area contributed by atoms with E-state index in [2.05, 4.69) is 0 Å². The van der Waals surface area contributed by atoms with E-state index in [-0.39, 0.29) is 16.2 Å². The molecule has 21 heavy (non-hydrogen) atoms.